The van der Waals surface area contributed by atoms with Gasteiger partial charge in [-0.05, 0) is 41.7 Å². The molecule has 2 aromatic carbocycles. The summed E-state index contributed by atoms with van der Waals surface area (Å²) < 4.78 is 0. The molecule has 0 fully saturated rings. The first kappa shape index (κ1) is 19.7. The lowest BCUT2D eigenvalue weighted by molar-refractivity contribution is -0.118. The van der Waals surface area contributed by atoms with Gasteiger partial charge in [0.1, 0.15) is 11.9 Å². The van der Waals surface area contributed by atoms with Crippen LogP contribution in [0.5, 0.6) is 0 Å². The number of carbonyl (C=O) groups excluding carboxylic acids is 2. The predicted octanol–water partition coefficient (Wildman–Crippen LogP) is 2.47. The maximum Gasteiger partial charge on any atom is 0.289 e. The van der Waals surface area contributed by atoms with Crippen LogP contribution in [0.1, 0.15) is 34.0 Å². The van der Waals surface area contributed by atoms with E-state index in [1.54, 1.807) is 6.20 Å². The summed E-state index contributed by atoms with van der Waals surface area (Å²) in [7, 11) is 0. The second-order valence-corrected chi connectivity index (χ2v) is 7.70. The molecule has 1 aliphatic rings. The molecule has 1 atom stereocenters. The van der Waals surface area contributed by atoms with Gasteiger partial charge in [-0.3, -0.25) is 14.7 Å². The maximum absolute atomic E-state index is 12.7. The van der Waals surface area contributed by atoms with Crippen molar-refractivity contribution in [2.24, 2.45) is 0 Å². The highest BCUT2D eigenvalue weighted by Gasteiger charge is 2.27. The summed E-state index contributed by atoms with van der Waals surface area (Å²) in [6.07, 6.45) is 5.23. The highest BCUT2D eigenvalue weighted by Crippen LogP contribution is 2.28. The zero-order chi connectivity index (χ0) is 21.9. The first-order valence-corrected chi connectivity index (χ1v) is 10.3. The van der Waals surface area contributed by atoms with E-state index in [2.05, 4.69) is 36.0 Å². The van der Waals surface area contributed by atoms with E-state index >= 15 is 0 Å². The average Bonchev–Trinajstić information content (AvgIpc) is 3.48. The van der Waals surface area contributed by atoms with Gasteiger partial charge in [-0.25, -0.2) is 0 Å². The van der Waals surface area contributed by atoms with Gasteiger partial charge in [-0.1, -0.05) is 36.4 Å². The fourth-order valence-electron chi connectivity index (χ4n) is 3.79. The highest BCUT2D eigenvalue weighted by atomic mass is 16.2. The van der Waals surface area contributed by atoms with Gasteiger partial charge in [0.2, 0.25) is 11.7 Å². The Bertz CT molecular complexity index is 1250. The molecule has 0 aliphatic carbocycles. The number of hydrogen-bond acceptors (Lipinski definition) is 5. The van der Waals surface area contributed by atoms with Crippen LogP contribution in [-0.2, 0) is 17.6 Å². The average molecular weight is 427 g/mol. The van der Waals surface area contributed by atoms with Crippen molar-refractivity contribution in [2.45, 2.75) is 25.3 Å². The van der Waals surface area contributed by atoms with Crippen molar-refractivity contribution in [3.05, 3.63) is 83.7 Å². The molecule has 2 aromatic heterocycles. The fourth-order valence-corrected chi connectivity index (χ4v) is 3.79. The Balaban J connectivity index is 1.26. The van der Waals surface area contributed by atoms with E-state index in [1.165, 1.54) is 0 Å². The van der Waals surface area contributed by atoms with Gasteiger partial charge in [0.05, 0.1) is 6.20 Å². The monoisotopic (exact) mass is 427 g/mol. The number of amides is 2. The molecule has 2 amide bonds. The molecule has 0 radical (unpaired) electrons. The smallest absolute Gasteiger partial charge is 0.289 e. The van der Waals surface area contributed by atoms with E-state index in [0.29, 0.717) is 25.1 Å². The molecule has 3 heterocycles. The van der Waals surface area contributed by atoms with Crippen LogP contribution in [0.3, 0.4) is 0 Å². The van der Waals surface area contributed by atoms with E-state index in [0.717, 1.165) is 27.9 Å². The lowest BCUT2D eigenvalue weighted by atomic mass is 10.0. The van der Waals surface area contributed by atoms with Gasteiger partial charge < -0.3 is 15.6 Å². The first-order valence-electron chi connectivity index (χ1n) is 10.3. The second kappa shape index (κ2) is 8.46. The van der Waals surface area contributed by atoms with Gasteiger partial charge in [0.25, 0.3) is 5.91 Å². The Morgan fingerprint density at radius 2 is 1.97 bits per heavy atom. The number of fused-ring (bicyclic) bond motifs is 1. The molecule has 0 spiro atoms. The lowest BCUT2D eigenvalue weighted by Crippen LogP contribution is -2.43. The van der Waals surface area contributed by atoms with Crippen LogP contribution in [0.25, 0.3) is 11.1 Å². The van der Waals surface area contributed by atoms with Gasteiger partial charge in [-0.2, -0.15) is 5.10 Å². The number of aromatic nitrogens is 5. The van der Waals surface area contributed by atoms with Crippen molar-refractivity contribution in [1.29, 1.82) is 0 Å². The number of benzene rings is 2. The minimum absolute atomic E-state index is 0.0905. The summed E-state index contributed by atoms with van der Waals surface area (Å²) in [6.45, 7) is 0. The molecule has 0 saturated heterocycles. The number of H-pyrrole nitrogens is 2. The minimum atomic E-state index is -0.671. The van der Waals surface area contributed by atoms with Gasteiger partial charge in [-0.15, -0.1) is 10.2 Å². The number of anilines is 1. The second-order valence-electron chi connectivity index (χ2n) is 7.70. The van der Waals surface area contributed by atoms with Crippen LogP contribution in [0.4, 0.5) is 5.69 Å². The number of nitrogens with zero attached hydrogens (tertiary/aromatic N) is 3. The molecule has 0 saturated carbocycles. The molecule has 160 valence electrons. The zero-order valence-corrected chi connectivity index (χ0v) is 17.1. The molecule has 0 bridgehead atoms. The number of rotatable bonds is 5. The number of nitrogens with one attached hydrogen (secondary N) is 4. The Morgan fingerprint density at radius 3 is 2.78 bits per heavy atom. The van der Waals surface area contributed by atoms with E-state index in [9.17, 15) is 9.59 Å². The standard InChI is InChI=1S/C23H21N7O2/c31-22-19(9-7-16-11-15(6-8-18(16)26-22)17-12-24-25-13-17)27-23(32)21-28-20(29-30-21)10-14-4-2-1-3-5-14/h1-6,8,11-13,19H,7,9-10H2,(H,24,25)(H,26,31)(H,27,32)(H,28,29,30)/t19-/m0/s1. The maximum atomic E-state index is 12.7. The first-order chi connectivity index (χ1) is 15.7. The quantitative estimate of drug-likeness (QED) is 0.389. The molecule has 5 rings (SSSR count). The molecule has 4 aromatic rings. The number of aromatic amines is 2. The van der Waals surface area contributed by atoms with Crippen LogP contribution in [-0.4, -0.2) is 43.2 Å². The SMILES string of the molecule is O=C(N[C@H]1CCc2cc(-c3cn[nH]c3)ccc2NC1=O)c1nnc(Cc2ccccc2)[nH]1. The number of aryl methyl sites for hydroxylation is 1. The topological polar surface area (TPSA) is 128 Å². The van der Waals surface area contributed by atoms with E-state index in [-0.39, 0.29) is 11.7 Å². The molecular weight excluding hydrogens is 406 g/mol. The number of carbonyl (C=O) groups is 2. The van der Waals surface area contributed by atoms with Crippen LogP contribution in [0.2, 0.25) is 0 Å². The summed E-state index contributed by atoms with van der Waals surface area (Å²) in [5, 5.41) is 20.5. The summed E-state index contributed by atoms with van der Waals surface area (Å²) in [6, 6.07) is 15.0. The molecular formula is C23H21N7O2. The van der Waals surface area contributed by atoms with Crippen LogP contribution in [0, 0.1) is 0 Å². The summed E-state index contributed by atoms with van der Waals surface area (Å²) in [4.78, 5) is 28.3. The Kier molecular flexibility index (Phi) is 5.20. The van der Waals surface area contributed by atoms with Gasteiger partial charge in [0.15, 0.2) is 0 Å². The highest BCUT2D eigenvalue weighted by molar-refractivity contribution is 6.00. The third-order valence-electron chi connectivity index (χ3n) is 5.48. The largest absolute Gasteiger partial charge is 0.337 e. The zero-order valence-electron chi connectivity index (χ0n) is 17.1. The predicted molar refractivity (Wildman–Crippen MR) is 118 cm³/mol. The Morgan fingerprint density at radius 1 is 1.09 bits per heavy atom. The van der Waals surface area contributed by atoms with Crippen molar-refractivity contribution in [2.75, 3.05) is 5.32 Å². The number of hydrogen-bond donors (Lipinski definition) is 4. The van der Waals surface area contributed by atoms with E-state index in [4.69, 9.17) is 0 Å². The van der Waals surface area contributed by atoms with Crippen molar-refractivity contribution in [1.82, 2.24) is 30.7 Å². The normalized spacial score (nSPS) is 15.5. The van der Waals surface area contributed by atoms with Crippen LogP contribution >= 0.6 is 0 Å². The molecule has 4 N–H and O–H groups in total. The van der Waals surface area contributed by atoms with Crippen molar-refractivity contribution >= 4 is 17.5 Å². The van der Waals surface area contributed by atoms with Crippen molar-refractivity contribution < 1.29 is 9.59 Å². The third-order valence-corrected chi connectivity index (χ3v) is 5.48. The minimum Gasteiger partial charge on any atom is -0.337 e. The van der Waals surface area contributed by atoms with Crippen LogP contribution < -0.4 is 10.6 Å². The van der Waals surface area contributed by atoms with Crippen molar-refractivity contribution in [3.63, 3.8) is 0 Å². The Hall–Kier alpha value is -4.27. The summed E-state index contributed by atoms with van der Waals surface area (Å²) in [5.41, 5.74) is 4.82. The summed E-state index contributed by atoms with van der Waals surface area (Å²) >= 11 is 0. The molecule has 9 heteroatoms. The molecule has 9 nitrogen and oxygen atoms in total. The van der Waals surface area contributed by atoms with Gasteiger partial charge >= 0.3 is 0 Å². The molecule has 1 aliphatic heterocycles. The third kappa shape index (κ3) is 4.13. The fraction of sp³-hybridized carbons (Fsp3) is 0.174. The summed E-state index contributed by atoms with van der Waals surface area (Å²) in [5.74, 6) is -0.0298. The Labute approximate surface area is 183 Å². The van der Waals surface area contributed by atoms with Crippen molar-refractivity contribution in [3.8, 4) is 11.1 Å². The molecule has 0 unspecified atom stereocenters. The van der Waals surface area contributed by atoms with Gasteiger partial charge in [0, 0.05) is 23.9 Å². The van der Waals surface area contributed by atoms with E-state index in [1.807, 2.05) is 54.7 Å². The lowest BCUT2D eigenvalue weighted by Gasteiger charge is -2.14. The molecule has 32 heavy (non-hydrogen) atoms. The van der Waals surface area contributed by atoms with E-state index < -0.39 is 11.9 Å². The van der Waals surface area contributed by atoms with Crippen LogP contribution in [0.15, 0.2) is 60.9 Å².